The molecule has 6 heteroatoms. The number of amides is 1. The number of hydrogen-bond acceptors (Lipinski definition) is 5. The van der Waals surface area contributed by atoms with Crippen molar-refractivity contribution >= 4 is 11.6 Å². The molecule has 0 saturated carbocycles. The first-order chi connectivity index (χ1) is 13.5. The van der Waals surface area contributed by atoms with E-state index in [0.717, 1.165) is 42.9 Å². The van der Waals surface area contributed by atoms with Crippen molar-refractivity contribution in [1.29, 1.82) is 0 Å². The Morgan fingerprint density at radius 3 is 2.71 bits per heavy atom. The van der Waals surface area contributed by atoms with Gasteiger partial charge in [0.25, 0.3) is 0 Å². The molecule has 0 spiro atoms. The van der Waals surface area contributed by atoms with Gasteiger partial charge in [0.05, 0.1) is 31.1 Å². The minimum absolute atomic E-state index is 0.00898. The van der Waals surface area contributed by atoms with Crippen molar-refractivity contribution in [2.24, 2.45) is 0 Å². The Morgan fingerprint density at radius 2 is 2.07 bits per heavy atom. The van der Waals surface area contributed by atoms with E-state index in [1.165, 1.54) is 6.92 Å². The summed E-state index contributed by atoms with van der Waals surface area (Å²) in [4.78, 5) is 17.9. The van der Waals surface area contributed by atoms with Crippen LogP contribution in [0, 0.1) is 0 Å². The van der Waals surface area contributed by atoms with Crippen LogP contribution in [0.25, 0.3) is 0 Å². The highest BCUT2D eigenvalue weighted by atomic mass is 16.5. The van der Waals surface area contributed by atoms with Crippen molar-refractivity contribution < 1.29 is 14.3 Å². The molecule has 2 atom stereocenters. The van der Waals surface area contributed by atoms with E-state index in [0.29, 0.717) is 12.5 Å². The van der Waals surface area contributed by atoms with Gasteiger partial charge < -0.3 is 19.7 Å². The van der Waals surface area contributed by atoms with Crippen molar-refractivity contribution in [3.63, 3.8) is 0 Å². The van der Waals surface area contributed by atoms with E-state index in [9.17, 15) is 4.79 Å². The van der Waals surface area contributed by atoms with Gasteiger partial charge in [0.15, 0.2) is 0 Å². The maximum absolute atomic E-state index is 11.2. The number of hydrogen-bond donors (Lipinski definition) is 1. The van der Waals surface area contributed by atoms with E-state index in [2.05, 4.69) is 28.2 Å². The highest BCUT2D eigenvalue weighted by molar-refractivity contribution is 5.73. The number of benzene rings is 1. The summed E-state index contributed by atoms with van der Waals surface area (Å²) in [5, 5.41) is 2.89. The first-order valence-corrected chi connectivity index (χ1v) is 9.92. The number of nitrogens with zero attached hydrogens (tertiary/aromatic N) is 2. The van der Waals surface area contributed by atoms with Gasteiger partial charge in [-0.15, -0.1) is 0 Å². The van der Waals surface area contributed by atoms with Crippen LogP contribution in [-0.2, 0) is 4.79 Å². The second-order valence-electron chi connectivity index (χ2n) is 7.17. The van der Waals surface area contributed by atoms with Gasteiger partial charge in [0.2, 0.25) is 11.8 Å². The van der Waals surface area contributed by atoms with E-state index >= 15 is 0 Å². The molecule has 1 saturated heterocycles. The maximum Gasteiger partial charge on any atom is 0.217 e. The monoisotopic (exact) mass is 383 g/mol. The third-order valence-electron chi connectivity index (χ3n) is 4.79. The Morgan fingerprint density at radius 1 is 1.29 bits per heavy atom. The average Bonchev–Trinajstić information content (AvgIpc) is 3.15. The zero-order chi connectivity index (χ0) is 19.9. The number of ether oxygens (including phenoxy) is 2. The van der Waals surface area contributed by atoms with Crippen molar-refractivity contribution in [2.75, 3.05) is 24.6 Å². The number of pyridine rings is 1. The van der Waals surface area contributed by atoms with Gasteiger partial charge >= 0.3 is 0 Å². The van der Waals surface area contributed by atoms with Crippen LogP contribution in [0.5, 0.6) is 11.6 Å². The fourth-order valence-electron chi connectivity index (χ4n) is 3.33. The molecule has 3 rings (SSSR count). The van der Waals surface area contributed by atoms with E-state index in [1.54, 1.807) is 0 Å². The zero-order valence-corrected chi connectivity index (χ0v) is 16.9. The number of anilines is 1. The molecule has 0 radical (unpaired) electrons. The summed E-state index contributed by atoms with van der Waals surface area (Å²) in [6.45, 7) is 8.05. The summed E-state index contributed by atoms with van der Waals surface area (Å²) in [6.07, 6.45) is 3.96. The van der Waals surface area contributed by atoms with E-state index in [1.807, 2.05) is 43.5 Å². The van der Waals surface area contributed by atoms with Gasteiger partial charge in [0, 0.05) is 26.0 Å². The van der Waals surface area contributed by atoms with Crippen LogP contribution in [0.15, 0.2) is 42.6 Å². The summed E-state index contributed by atoms with van der Waals surface area (Å²) in [5.74, 6) is 1.50. The van der Waals surface area contributed by atoms with E-state index < -0.39 is 0 Å². The Kier molecular flexibility index (Phi) is 6.74. The third kappa shape index (κ3) is 5.38. The molecule has 0 unspecified atom stereocenters. The summed E-state index contributed by atoms with van der Waals surface area (Å²) in [5.41, 5.74) is 2.15. The Balaban J connectivity index is 1.52. The maximum atomic E-state index is 11.2. The van der Waals surface area contributed by atoms with Crippen LogP contribution < -0.4 is 19.7 Å². The number of nitrogens with one attached hydrogen (secondary N) is 1. The normalized spacial score (nSPS) is 17.2. The number of aromatic nitrogens is 1. The largest absolute Gasteiger partial charge is 0.489 e. The first-order valence-electron chi connectivity index (χ1n) is 9.92. The number of carbonyl (C=O) groups excluding carboxylic acids is 1. The van der Waals surface area contributed by atoms with Gasteiger partial charge in [0.1, 0.15) is 11.9 Å². The summed E-state index contributed by atoms with van der Waals surface area (Å²) < 4.78 is 11.7. The lowest BCUT2D eigenvalue weighted by atomic mass is 10.1. The summed E-state index contributed by atoms with van der Waals surface area (Å²) in [7, 11) is 0. The summed E-state index contributed by atoms with van der Waals surface area (Å²) >= 11 is 0. The molecule has 2 aromatic rings. The summed E-state index contributed by atoms with van der Waals surface area (Å²) in [6, 6.07) is 11.9. The fraction of sp³-hybridized carbons (Fsp3) is 0.455. The molecule has 1 aromatic heterocycles. The van der Waals surface area contributed by atoms with Gasteiger partial charge in [-0.25, -0.2) is 4.98 Å². The Labute approximate surface area is 166 Å². The lowest BCUT2D eigenvalue weighted by Gasteiger charge is -2.19. The molecule has 2 heterocycles. The molecule has 1 aliphatic rings. The SMILES string of the molecule is CCCOc1ccc(N2CC[C@@H](Oc3ccc([C@H](C)NC(C)=O)cc3)C2)cn1. The quantitative estimate of drug-likeness (QED) is 0.753. The van der Waals surface area contributed by atoms with E-state index in [4.69, 9.17) is 9.47 Å². The van der Waals surface area contributed by atoms with Crippen LogP contribution in [0.3, 0.4) is 0 Å². The molecule has 1 aliphatic heterocycles. The standard InChI is InChI=1S/C22H29N3O3/c1-4-13-27-22-10-7-19(14-23-22)25-12-11-21(15-25)28-20-8-5-18(6-9-20)16(2)24-17(3)26/h5-10,14,16,21H,4,11-13,15H2,1-3H3,(H,24,26)/t16-,21+/m0/s1. The molecule has 150 valence electrons. The molecular weight excluding hydrogens is 354 g/mol. The minimum atomic E-state index is -0.0293. The molecule has 0 aliphatic carbocycles. The van der Waals surface area contributed by atoms with Crippen molar-refractivity contribution in [2.45, 2.75) is 45.8 Å². The molecule has 6 nitrogen and oxygen atoms in total. The van der Waals surface area contributed by atoms with Crippen LogP contribution in [0.2, 0.25) is 0 Å². The highest BCUT2D eigenvalue weighted by Crippen LogP contribution is 2.25. The van der Waals surface area contributed by atoms with Crippen LogP contribution in [0.4, 0.5) is 5.69 Å². The van der Waals surface area contributed by atoms with Crippen molar-refractivity contribution in [1.82, 2.24) is 10.3 Å². The van der Waals surface area contributed by atoms with Crippen molar-refractivity contribution in [3.8, 4) is 11.6 Å². The molecule has 1 fully saturated rings. The molecular formula is C22H29N3O3. The van der Waals surface area contributed by atoms with Crippen LogP contribution in [-0.4, -0.2) is 36.7 Å². The molecule has 1 amide bonds. The Bertz CT molecular complexity index is 762. The Hall–Kier alpha value is -2.76. The number of carbonyl (C=O) groups is 1. The van der Waals surface area contributed by atoms with Crippen molar-refractivity contribution in [3.05, 3.63) is 48.2 Å². The lowest BCUT2D eigenvalue weighted by Crippen LogP contribution is -2.25. The smallest absolute Gasteiger partial charge is 0.217 e. The molecule has 1 aromatic carbocycles. The topological polar surface area (TPSA) is 63.7 Å². The molecule has 0 bridgehead atoms. The predicted octanol–water partition coefficient (Wildman–Crippen LogP) is 3.73. The third-order valence-corrected chi connectivity index (χ3v) is 4.79. The van der Waals surface area contributed by atoms with Gasteiger partial charge in [-0.1, -0.05) is 19.1 Å². The molecule has 1 N–H and O–H groups in total. The zero-order valence-electron chi connectivity index (χ0n) is 16.9. The molecule has 28 heavy (non-hydrogen) atoms. The predicted molar refractivity (Wildman–Crippen MR) is 110 cm³/mol. The lowest BCUT2D eigenvalue weighted by molar-refractivity contribution is -0.119. The van der Waals surface area contributed by atoms with Gasteiger partial charge in [-0.2, -0.15) is 0 Å². The second-order valence-corrected chi connectivity index (χ2v) is 7.17. The second kappa shape index (κ2) is 9.44. The van der Waals surface area contributed by atoms with E-state index in [-0.39, 0.29) is 18.1 Å². The minimum Gasteiger partial charge on any atom is -0.489 e. The van der Waals surface area contributed by atoms with Gasteiger partial charge in [-0.05, 0) is 37.1 Å². The fourth-order valence-corrected chi connectivity index (χ4v) is 3.33. The highest BCUT2D eigenvalue weighted by Gasteiger charge is 2.24. The number of rotatable bonds is 8. The van der Waals surface area contributed by atoms with Crippen LogP contribution in [0.1, 0.15) is 45.2 Å². The first kappa shape index (κ1) is 20.0. The van der Waals surface area contributed by atoms with Gasteiger partial charge in [-0.3, -0.25) is 4.79 Å². The average molecular weight is 383 g/mol. The van der Waals surface area contributed by atoms with Crippen LogP contribution >= 0.6 is 0 Å².